The van der Waals surface area contributed by atoms with Crippen molar-refractivity contribution in [1.82, 2.24) is 10.3 Å². The molecule has 1 amide bonds. The molecule has 1 aromatic heterocycles. The number of ether oxygens (including phenoxy) is 1. The number of benzene rings is 1. The van der Waals surface area contributed by atoms with E-state index in [9.17, 15) is 4.79 Å². The van der Waals surface area contributed by atoms with Crippen LogP contribution in [0, 0.1) is 0 Å². The molecule has 0 fully saturated rings. The fourth-order valence-corrected chi connectivity index (χ4v) is 2.42. The highest BCUT2D eigenvalue weighted by atomic mass is 79.9. The van der Waals surface area contributed by atoms with Crippen molar-refractivity contribution in [2.24, 2.45) is 0 Å². The van der Waals surface area contributed by atoms with Crippen molar-refractivity contribution in [3.8, 4) is 5.75 Å². The average Bonchev–Trinajstić information content (AvgIpc) is 2.48. The number of hydrogen-bond donors (Lipinski definition) is 1. The molecule has 110 valence electrons. The fraction of sp³-hybridized carbons (Fsp3) is 0.200. The molecular formula is C15H14BrClN2O2. The van der Waals surface area contributed by atoms with E-state index in [4.69, 9.17) is 16.3 Å². The van der Waals surface area contributed by atoms with Gasteiger partial charge in [-0.25, -0.2) is 0 Å². The maximum Gasteiger partial charge on any atom is 0.261 e. The maximum absolute atomic E-state index is 12.0. The van der Waals surface area contributed by atoms with E-state index in [2.05, 4.69) is 26.2 Å². The summed E-state index contributed by atoms with van der Waals surface area (Å²) < 4.78 is 6.33. The summed E-state index contributed by atoms with van der Waals surface area (Å²) in [6.07, 6.45) is 2.77. The third-order valence-corrected chi connectivity index (χ3v) is 3.64. The Labute approximate surface area is 136 Å². The number of carbonyl (C=O) groups excluding carboxylic acids is 1. The van der Waals surface area contributed by atoms with Crippen LogP contribution in [0.5, 0.6) is 5.75 Å². The Morgan fingerprint density at radius 2 is 2.10 bits per heavy atom. The molecule has 0 aliphatic heterocycles. The molecule has 0 aliphatic rings. The van der Waals surface area contributed by atoms with E-state index < -0.39 is 6.10 Å². The molecule has 0 saturated heterocycles. The third kappa shape index (κ3) is 4.72. The maximum atomic E-state index is 12.0. The first-order valence-corrected chi connectivity index (χ1v) is 7.51. The number of amides is 1. The zero-order chi connectivity index (χ0) is 15.2. The van der Waals surface area contributed by atoms with Gasteiger partial charge in [0.25, 0.3) is 5.91 Å². The molecule has 2 aromatic rings. The van der Waals surface area contributed by atoms with Crippen molar-refractivity contribution in [2.75, 3.05) is 0 Å². The summed E-state index contributed by atoms with van der Waals surface area (Å²) in [5.74, 6) is 0.389. The number of carbonyl (C=O) groups is 1. The number of hydrogen-bond acceptors (Lipinski definition) is 3. The summed E-state index contributed by atoms with van der Waals surface area (Å²) in [5.41, 5.74) is 0.984. The molecule has 1 heterocycles. The van der Waals surface area contributed by atoms with Gasteiger partial charge in [0.15, 0.2) is 6.10 Å². The van der Waals surface area contributed by atoms with E-state index in [-0.39, 0.29) is 5.91 Å². The predicted molar refractivity (Wildman–Crippen MR) is 85.3 cm³/mol. The normalized spacial score (nSPS) is 11.8. The molecule has 1 atom stereocenters. The summed E-state index contributed by atoms with van der Waals surface area (Å²) >= 11 is 9.22. The lowest BCUT2D eigenvalue weighted by Gasteiger charge is -2.16. The molecule has 4 nitrogen and oxygen atoms in total. The van der Waals surface area contributed by atoms with E-state index in [0.29, 0.717) is 21.8 Å². The Morgan fingerprint density at radius 1 is 1.38 bits per heavy atom. The van der Waals surface area contributed by atoms with Crippen LogP contribution in [0.4, 0.5) is 0 Å². The Bertz CT molecular complexity index is 622. The van der Waals surface area contributed by atoms with Gasteiger partial charge in [-0.2, -0.15) is 0 Å². The summed E-state index contributed by atoms with van der Waals surface area (Å²) in [6.45, 7) is 2.14. The van der Waals surface area contributed by atoms with Crippen molar-refractivity contribution in [1.29, 1.82) is 0 Å². The number of rotatable bonds is 5. The summed E-state index contributed by atoms with van der Waals surface area (Å²) in [5, 5.41) is 3.42. The molecule has 0 unspecified atom stereocenters. The number of halogens is 2. The molecule has 0 saturated carbocycles. The van der Waals surface area contributed by atoms with Gasteiger partial charge in [0.2, 0.25) is 0 Å². The first-order valence-electron chi connectivity index (χ1n) is 6.34. The van der Waals surface area contributed by atoms with Crippen LogP contribution >= 0.6 is 27.5 Å². The lowest BCUT2D eigenvalue weighted by atomic mass is 10.2. The molecule has 6 heteroatoms. The van der Waals surface area contributed by atoms with Crippen molar-refractivity contribution in [2.45, 2.75) is 19.6 Å². The molecule has 0 aliphatic carbocycles. The minimum absolute atomic E-state index is 0.186. The molecule has 21 heavy (non-hydrogen) atoms. The van der Waals surface area contributed by atoms with Crippen molar-refractivity contribution < 1.29 is 9.53 Å². The Morgan fingerprint density at radius 3 is 2.76 bits per heavy atom. The van der Waals surface area contributed by atoms with Crippen LogP contribution in [0.15, 0.2) is 47.2 Å². The molecule has 0 bridgehead atoms. The van der Waals surface area contributed by atoms with E-state index in [1.165, 1.54) is 0 Å². The number of nitrogens with one attached hydrogen (secondary N) is 1. The van der Waals surface area contributed by atoms with Crippen LogP contribution in [0.25, 0.3) is 0 Å². The van der Waals surface area contributed by atoms with Crippen LogP contribution in [0.2, 0.25) is 5.02 Å². The minimum Gasteiger partial charge on any atom is -0.480 e. The van der Waals surface area contributed by atoms with Gasteiger partial charge in [0.05, 0.1) is 4.47 Å². The highest BCUT2D eigenvalue weighted by molar-refractivity contribution is 9.10. The van der Waals surface area contributed by atoms with Crippen LogP contribution < -0.4 is 10.1 Å². The van der Waals surface area contributed by atoms with Gasteiger partial charge in [-0.05, 0) is 58.7 Å². The van der Waals surface area contributed by atoms with Gasteiger partial charge in [-0.15, -0.1) is 0 Å². The van der Waals surface area contributed by atoms with Crippen molar-refractivity contribution >= 4 is 33.4 Å². The number of nitrogens with zero attached hydrogens (tertiary/aromatic N) is 1. The molecular weight excluding hydrogens is 356 g/mol. The smallest absolute Gasteiger partial charge is 0.261 e. The quantitative estimate of drug-likeness (QED) is 0.876. The zero-order valence-electron chi connectivity index (χ0n) is 11.3. The monoisotopic (exact) mass is 368 g/mol. The van der Waals surface area contributed by atoms with E-state index in [1.54, 1.807) is 37.5 Å². The third-order valence-electron chi connectivity index (χ3n) is 2.78. The number of pyridine rings is 1. The first-order chi connectivity index (χ1) is 10.1. The predicted octanol–water partition coefficient (Wildman–Crippen LogP) is 3.58. The summed E-state index contributed by atoms with van der Waals surface area (Å²) in [7, 11) is 0. The van der Waals surface area contributed by atoms with Crippen molar-refractivity contribution in [3.05, 3.63) is 57.8 Å². The minimum atomic E-state index is -0.607. The SMILES string of the molecule is C[C@@H](Oc1ccc(Cl)cc1Br)C(=O)NCc1ccncc1. The lowest BCUT2D eigenvalue weighted by Crippen LogP contribution is -2.35. The average molecular weight is 370 g/mol. The highest BCUT2D eigenvalue weighted by Crippen LogP contribution is 2.28. The molecule has 1 aromatic carbocycles. The highest BCUT2D eigenvalue weighted by Gasteiger charge is 2.15. The second kappa shape index (κ2) is 7.43. The summed E-state index contributed by atoms with van der Waals surface area (Å²) in [6, 6.07) is 8.85. The van der Waals surface area contributed by atoms with Gasteiger partial charge in [0, 0.05) is 24.0 Å². The standard InChI is InChI=1S/C15H14BrClN2O2/c1-10(21-14-3-2-12(17)8-13(14)16)15(20)19-9-11-4-6-18-7-5-11/h2-8,10H,9H2,1H3,(H,19,20)/t10-/m1/s1. The lowest BCUT2D eigenvalue weighted by molar-refractivity contribution is -0.127. The second-order valence-electron chi connectivity index (χ2n) is 4.41. The second-order valence-corrected chi connectivity index (χ2v) is 5.70. The zero-order valence-corrected chi connectivity index (χ0v) is 13.7. The van der Waals surface area contributed by atoms with Gasteiger partial charge < -0.3 is 10.1 Å². The molecule has 1 N–H and O–H groups in total. The van der Waals surface area contributed by atoms with Crippen LogP contribution in [0.3, 0.4) is 0 Å². The van der Waals surface area contributed by atoms with Crippen LogP contribution in [-0.2, 0) is 11.3 Å². The Hall–Kier alpha value is -1.59. The molecule has 2 rings (SSSR count). The van der Waals surface area contributed by atoms with Gasteiger partial charge in [-0.3, -0.25) is 9.78 Å². The van der Waals surface area contributed by atoms with E-state index in [1.807, 2.05) is 12.1 Å². The first kappa shape index (κ1) is 15.8. The Kier molecular flexibility index (Phi) is 5.59. The van der Waals surface area contributed by atoms with E-state index in [0.717, 1.165) is 5.56 Å². The summed E-state index contributed by atoms with van der Waals surface area (Å²) in [4.78, 5) is 15.9. The fourth-order valence-electron chi connectivity index (χ4n) is 1.65. The largest absolute Gasteiger partial charge is 0.480 e. The number of aromatic nitrogens is 1. The topological polar surface area (TPSA) is 51.2 Å². The Balaban J connectivity index is 1.90. The van der Waals surface area contributed by atoms with E-state index >= 15 is 0 Å². The van der Waals surface area contributed by atoms with Gasteiger partial charge >= 0.3 is 0 Å². The van der Waals surface area contributed by atoms with Gasteiger partial charge in [-0.1, -0.05) is 11.6 Å². The van der Waals surface area contributed by atoms with Crippen molar-refractivity contribution in [3.63, 3.8) is 0 Å². The molecule has 0 spiro atoms. The van der Waals surface area contributed by atoms with Crippen LogP contribution in [0.1, 0.15) is 12.5 Å². The molecule has 0 radical (unpaired) electrons. The van der Waals surface area contributed by atoms with Crippen LogP contribution in [-0.4, -0.2) is 17.0 Å². The van der Waals surface area contributed by atoms with Gasteiger partial charge in [0.1, 0.15) is 5.75 Å².